The van der Waals surface area contributed by atoms with Crippen molar-refractivity contribution in [3.8, 4) is 11.8 Å². The molecule has 3 rings (SSSR count). The largest absolute Gasteiger partial charge is 0.445 e. The normalized spacial score (nSPS) is 10.0. The number of alkyl carbamates (subject to hydrolysis) is 1. The molecule has 1 aromatic heterocycles. The molecule has 26 heavy (non-hydrogen) atoms. The Kier molecular flexibility index (Phi) is 5.63. The molecule has 1 heterocycles. The second-order valence-corrected chi connectivity index (χ2v) is 5.49. The molecule has 1 amide bonds. The molecular weight excluding hydrogens is 328 g/mol. The number of rotatable bonds is 4. The highest BCUT2D eigenvalue weighted by molar-refractivity contribution is 5.86. The van der Waals surface area contributed by atoms with Crippen LogP contribution in [0.25, 0.3) is 11.0 Å². The zero-order valence-electron chi connectivity index (χ0n) is 14.1. The first-order valence-corrected chi connectivity index (χ1v) is 8.16. The molecule has 0 atom stereocenters. The van der Waals surface area contributed by atoms with E-state index in [2.05, 4.69) is 27.1 Å². The molecule has 0 unspecified atom stereocenters. The van der Waals surface area contributed by atoms with Crippen LogP contribution in [0.4, 0.5) is 10.5 Å². The zero-order chi connectivity index (χ0) is 18.2. The number of hydrogen-bond donors (Lipinski definition) is 2. The Bertz CT molecular complexity index is 962. The summed E-state index contributed by atoms with van der Waals surface area (Å²) in [7, 11) is 0. The fourth-order valence-corrected chi connectivity index (χ4v) is 2.34. The average Bonchev–Trinajstić information content (AvgIpc) is 2.68. The number of nitrogens with two attached hydrogens (primary N) is 1. The van der Waals surface area contributed by atoms with Gasteiger partial charge in [0.05, 0.1) is 11.1 Å². The number of benzene rings is 2. The number of hydrogen-bond acceptors (Lipinski definition) is 5. The van der Waals surface area contributed by atoms with Crippen LogP contribution in [0.2, 0.25) is 0 Å². The van der Waals surface area contributed by atoms with Gasteiger partial charge in [0, 0.05) is 31.0 Å². The van der Waals surface area contributed by atoms with Gasteiger partial charge in [0.15, 0.2) is 0 Å². The smallest absolute Gasteiger partial charge is 0.407 e. The summed E-state index contributed by atoms with van der Waals surface area (Å²) in [5.41, 5.74) is 9.56. The number of nitrogens with zero attached hydrogens (tertiary/aromatic N) is 2. The number of carbonyl (C=O) groups excluding carboxylic acids is 1. The first kappa shape index (κ1) is 17.2. The van der Waals surface area contributed by atoms with Crippen LogP contribution in [0.1, 0.15) is 17.5 Å². The third kappa shape index (κ3) is 4.48. The predicted octanol–water partition coefficient (Wildman–Crippen LogP) is 2.88. The van der Waals surface area contributed by atoms with Gasteiger partial charge in [0.25, 0.3) is 0 Å². The van der Waals surface area contributed by atoms with Crippen LogP contribution in [0.3, 0.4) is 0 Å². The molecule has 0 saturated heterocycles. The van der Waals surface area contributed by atoms with Crippen LogP contribution >= 0.6 is 0 Å². The van der Waals surface area contributed by atoms with Gasteiger partial charge in [0.2, 0.25) is 0 Å². The molecule has 3 aromatic rings. The van der Waals surface area contributed by atoms with Gasteiger partial charge in [-0.1, -0.05) is 42.2 Å². The SMILES string of the molecule is Nc1ccc2nccnc2c1C#CCCNC(=O)OCc1ccccc1. The van der Waals surface area contributed by atoms with Crippen LogP contribution in [-0.2, 0) is 11.3 Å². The standard InChI is InChI=1S/C20H18N4O2/c21-17-9-10-18-19(23-13-12-22-18)16(17)8-4-5-11-24-20(25)26-14-15-6-2-1-3-7-15/h1-3,6-7,9-10,12-13H,5,11,14,21H2,(H,24,25). The van der Waals surface area contributed by atoms with Gasteiger partial charge in [-0.05, 0) is 17.7 Å². The summed E-state index contributed by atoms with van der Waals surface area (Å²) in [6.45, 7) is 0.626. The van der Waals surface area contributed by atoms with E-state index in [1.165, 1.54) is 0 Å². The number of amides is 1. The van der Waals surface area contributed by atoms with Gasteiger partial charge in [-0.3, -0.25) is 9.97 Å². The molecule has 0 aliphatic carbocycles. The van der Waals surface area contributed by atoms with E-state index in [-0.39, 0.29) is 6.61 Å². The lowest BCUT2D eigenvalue weighted by Crippen LogP contribution is -2.24. The van der Waals surface area contributed by atoms with Crippen molar-refractivity contribution in [3.63, 3.8) is 0 Å². The van der Waals surface area contributed by atoms with E-state index in [9.17, 15) is 4.79 Å². The second kappa shape index (κ2) is 8.49. The summed E-state index contributed by atoms with van der Waals surface area (Å²) in [4.78, 5) is 20.2. The van der Waals surface area contributed by atoms with Gasteiger partial charge in [-0.25, -0.2) is 4.79 Å². The van der Waals surface area contributed by atoms with E-state index in [1.807, 2.05) is 36.4 Å². The maximum Gasteiger partial charge on any atom is 0.407 e. The minimum absolute atomic E-state index is 0.240. The topological polar surface area (TPSA) is 90.1 Å². The van der Waals surface area contributed by atoms with E-state index in [0.717, 1.165) is 11.1 Å². The summed E-state index contributed by atoms with van der Waals surface area (Å²) < 4.78 is 5.13. The molecule has 0 spiro atoms. The number of fused-ring (bicyclic) bond motifs is 1. The molecule has 0 radical (unpaired) electrons. The lowest BCUT2D eigenvalue weighted by molar-refractivity contribution is 0.140. The molecule has 6 nitrogen and oxygen atoms in total. The maximum absolute atomic E-state index is 11.7. The molecule has 6 heteroatoms. The minimum Gasteiger partial charge on any atom is -0.445 e. The quantitative estimate of drug-likeness (QED) is 0.431. The van der Waals surface area contributed by atoms with Crippen molar-refractivity contribution in [3.05, 3.63) is 66.0 Å². The number of nitrogens with one attached hydrogen (secondary N) is 1. The van der Waals surface area contributed by atoms with Gasteiger partial charge in [-0.15, -0.1) is 0 Å². The Morgan fingerprint density at radius 2 is 1.92 bits per heavy atom. The molecule has 2 aromatic carbocycles. The van der Waals surface area contributed by atoms with Crippen molar-refractivity contribution < 1.29 is 9.53 Å². The summed E-state index contributed by atoms with van der Waals surface area (Å²) in [6, 6.07) is 13.1. The Balaban J connectivity index is 1.50. The van der Waals surface area contributed by atoms with Crippen LogP contribution in [0.5, 0.6) is 0 Å². The molecule has 0 bridgehead atoms. The fourth-order valence-electron chi connectivity index (χ4n) is 2.34. The molecule has 130 valence electrons. The van der Waals surface area contributed by atoms with Crippen molar-refractivity contribution in [2.45, 2.75) is 13.0 Å². The van der Waals surface area contributed by atoms with E-state index in [4.69, 9.17) is 10.5 Å². The zero-order valence-corrected chi connectivity index (χ0v) is 14.1. The van der Waals surface area contributed by atoms with Crippen molar-refractivity contribution in [2.75, 3.05) is 12.3 Å². The van der Waals surface area contributed by atoms with E-state index in [0.29, 0.717) is 29.7 Å². The number of nitrogen functional groups attached to an aromatic ring is 1. The maximum atomic E-state index is 11.7. The third-order valence-corrected chi connectivity index (χ3v) is 3.62. The van der Waals surface area contributed by atoms with Crippen LogP contribution in [0, 0.1) is 11.8 Å². The second-order valence-electron chi connectivity index (χ2n) is 5.49. The molecular formula is C20H18N4O2. The number of aromatic nitrogens is 2. The van der Waals surface area contributed by atoms with E-state index in [1.54, 1.807) is 18.5 Å². The molecule has 0 fully saturated rings. The third-order valence-electron chi connectivity index (χ3n) is 3.62. The van der Waals surface area contributed by atoms with Crippen molar-refractivity contribution in [2.24, 2.45) is 0 Å². The Morgan fingerprint density at radius 3 is 2.77 bits per heavy atom. The van der Waals surface area contributed by atoms with Gasteiger partial charge < -0.3 is 15.8 Å². The number of ether oxygens (including phenoxy) is 1. The van der Waals surface area contributed by atoms with Crippen LogP contribution < -0.4 is 11.1 Å². The fraction of sp³-hybridized carbons (Fsp3) is 0.150. The van der Waals surface area contributed by atoms with Gasteiger partial charge in [0.1, 0.15) is 12.1 Å². The van der Waals surface area contributed by atoms with Crippen LogP contribution in [-0.4, -0.2) is 22.6 Å². The van der Waals surface area contributed by atoms with E-state index >= 15 is 0 Å². The summed E-state index contributed by atoms with van der Waals surface area (Å²) in [5.74, 6) is 6.01. The molecule has 0 aliphatic heterocycles. The average molecular weight is 346 g/mol. The Morgan fingerprint density at radius 1 is 1.12 bits per heavy atom. The summed E-state index contributed by atoms with van der Waals surface area (Å²) >= 11 is 0. The van der Waals surface area contributed by atoms with Gasteiger partial charge in [-0.2, -0.15) is 0 Å². The monoisotopic (exact) mass is 346 g/mol. The minimum atomic E-state index is -0.466. The Labute approximate surface area is 151 Å². The van der Waals surface area contributed by atoms with Crippen molar-refractivity contribution in [1.29, 1.82) is 0 Å². The first-order valence-electron chi connectivity index (χ1n) is 8.16. The van der Waals surface area contributed by atoms with Gasteiger partial charge >= 0.3 is 6.09 Å². The van der Waals surface area contributed by atoms with Crippen LogP contribution in [0.15, 0.2) is 54.9 Å². The van der Waals surface area contributed by atoms with E-state index < -0.39 is 6.09 Å². The molecule has 3 N–H and O–H groups in total. The highest BCUT2D eigenvalue weighted by atomic mass is 16.5. The first-order chi connectivity index (χ1) is 12.7. The van der Waals surface area contributed by atoms with Crippen molar-refractivity contribution in [1.82, 2.24) is 15.3 Å². The lowest BCUT2D eigenvalue weighted by atomic mass is 10.1. The molecule has 0 saturated carbocycles. The number of carbonyl (C=O) groups is 1. The highest BCUT2D eigenvalue weighted by Crippen LogP contribution is 2.19. The Hall–Kier alpha value is -3.59. The highest BCUT2D eigenvalue weighted by Gasteiger charge is 2.04. The lowest BCUT2D eigenvalue weighted by Gasteiger charge is -2.05. The molecule has 0 aliphatic rings. The van der Waals surface area contributed by atoms with Crippen molar-refractivity contribution >= 4 is 22.8 Å². The predicted molar refractivity (Wildman–Crippen MR) is 100 cm³/mol. The summed E-state index contributed by atoms with van der Waals surface area (Å²) in [6.07, 6.45) is 3.24. The summed E-state index contributed by atoms with van der Waals surface area (Å²) in [5, 5.41) is 2.67. The number of anilines is 1.